The first-order valence-corrected chi connectivity index (χ1v) is 7.25. The van der Waals surface area contributed by atoms with Crippen LogP contribution in [0, 0.1) is 6.92 Å². The molecule has 2 rings (SSSR count). The van der Waals surface area contributed by atoms with Crippen molar-refractivity contribution in [2.24, 2.45) is 0 Å². The molecule has 25 heavy (non-hydrogen) atoms. The van der Waals surface area contributed by atoms with Gasteiger partial charge in [0.05, 0.1) is 11.1 Å². The van der Waals surface area contributed by atoms with Gasteiger partial charge >= 0.3 is 12.4 Å². The van der Waals surface area contributed by atoms with Gasteiger partial charge in [0.1, 0.15) is 0 Å². The fraction of sp³-hybridized carbons (Fsp3) is 0.222. The minimum absolute atomic E-state index is 0.109. The molecule has 1 nitrogen and oxygen atoms in total. The second-order valence-electron chi connectivity index (χ2n) is 5.61. The topological polar surface area (TPSA) is 12.0 Å². The van der Waals surface area contributed by atoms with Gasteiger partial charge in [-0.2, -0.15) is 26.3 Å². The molecule has 0 saturated carbocycles. The fourth-order valence-corrected chi connectivity index (χ4v) is 2.19. The van der Waals surface area contributed by atoms with E-state index < -0.39 is 23.5 Å². The van der Waals surface area contributed by atoms with E-state index in [1.54, 1.807) is 12.1 Å². The summed E-state index contributed by atoms with van der Waals surface area (Å²) < 4.78 is 77.0. The van der Waals surface area contributed by atoms with Crippen LogP contribution in [0.1, 0.15) is 27.8 Å². The Hall–Kier alpha value is -2.44. The number of hydrogen-bond acceptors (Lipinski definition) is 1. The molecule has 0 amide bonds. The average Bonchev–Trinajstić information content (AvgIpc) is 2.51. The Morgan fingerprint density at radius 2 is 1.36 bits per heavy atom. The van der Waals surface area contributed by atoms with Crippen molar-refractivity contribution in [1.82, 2.24) is 5.32 Å². The summed E-state index contributed by atoms with van der Waals surface area (Å²) in [6, 6.07) is 8.69. The van der Waals surface area contributed by atoms with Crippen LogP contribution in [0.25, 0.3) is 5.70 Å². The van der Waals surface area contributed by atoms with Gasteiger partial charge in [0.25, 0.3) is 0 Å². The lowest BCUT2D eigenvalue weighted by Crippen LogP contribution is -2.15. The highest BCUT2D eigenvalue weighted by Gasteiger charge is 2.36. The molecular formula is C18H15F6N. The van der Waals surface area contributed by atoms with E-state index in [0.717, 1.165) is 5.56 Å². The van der Waals surface area contributed by atoms with Crippen LogP contribution in [0.5, 0.6) is 0 Å². The normalized spacial score (nSPS) is 12.1. The highest BCUT2D eigenvalue weighted by Crippen LogP contribution is 2.36. The van der Waals surface area contributed by atoms with Gasteiger partial charge in [-0.15, -0.1) is 0 Å². The van der Waals surface area contributed by atoms with Crippen molar-refractivity contribution >= 4 is 5.70 Å². The van der Waals surface area contributed by atoms with Gasteiger partial charge in [-0.05, 0) is 36.2 Å². The van der Waals surface area contributed by atoms with Crippen molar-refractivity contribution in [3.63, 3.8) is 0 Å². The molecule has 0 aliphatic rings. The van der Waals surface area contributed by atoms with Crippen molar-refractivity contribution in [2.45, 2.75) is 25.8 Å². The van der Waals surface area contributed by atoms with E-state index in [4.69, 9.17) is 0 Å². The Balaban J connectivity index is 2.23. The fourth-order valence-electron chi connectivity index (χ4n) is 2.19. The Morgan fingerprint density at radius 1 is 0.880 bits per heavy atom. The number of rotatable bonds is 4. The second kappa shape index (κ2) is 6.82. The summed E-state index contributed by atoms with van der Waals surface area (Å²) in [5.41, 5.74) is -0.667. The van der Waals surface area contributed by atoms with E-state index in [9.17, 15) is 26.3 Å². The first-order chi connectivity index (χ1) is 11.5. The molecule has 0 saturated heterocycles. The van der Waals surface area contributed by atoms with Crippen LogP contribution in [-0.2, 0) is 18.9 Å². The number of nitrogens with one attached hydrogen (secondary N) is 1. The predicted molar refractivity (Wildman–Crippen MR) is 83.5 cm³/mol. The Kier molecular flexibility index (Phi) is 5.15. The molecule has 2 aromatic rings. The lowest BCUT2D eigenvalue weighted by Gasteiger charge is -2.15. The van der Waals surface area contributed by atoms with E-state index in [0.29, 0.717) is 23.4 Å². The maximum Gasteiger partial charge on any atom is 0.416 e. The number of halogens is 6. The summed E-state index contributed by atoms with van der Waals surface area (Å²) in [6.07, 6.45) is -9.71. The molecule has 0 radical (unpaired) electrons. The van der Waals surface area contributed by atoms with Gasteiger partial charge in [-0.25, -0.2) is 0 Å². The Bertz CT molecular complexity index is 724. The largest absolute Gasteiger partial charge is 0.416 e. The minimum Gasteiger partial charge on any atom is -0.381 e. The summed E-state index contributed by atoms with van der Waals surface area (Å²) >= 11 is 0. The third kappa shape index (κ3) is 5.01. The Labute approximate surface area is 141 Å². The molecule has 0 spiro atoms. The second-order valence-corrected chi connectivity index (χ2v) is 5.61. The number of alkyl halides is 6. The molecule has 0 aromatic heterocycles. The number of benzene rings is 2. The molecule has 0 aliphatic heterocycles. The minimum atomic E-state index is -4.86. The van der Waals surface area contributed by atoms with Gasteiger partial charge in [-0.1, -0.05) is 36.4 Å². The monoisotopic (exact) mass is 359 g/mol. The predicted octanol–water partition coefficient (Wildman–Crippen LogP) is 5.79. The summed E-state index contributed by atoms with van der Waals surface area (Å²) in [5, 5.41) is 2.76. The van der Waals surface area contributed by atoms with Gasteiger partial charge in [0.2, 0.25) is 0 Å². The van der Waals surface area contributed by atoms with Crippen LogP contribution in [0.3, 0.4) is 0 Å². The van der Waals surface area contributed by atoms with E-state index in [-0.39, 0.29) is 18.2 Å². The molecule has 1 N–H and O–H groups in total. The van der Waals surface area contributed by atoms with Crippen molar-refractivity contribution < 1.29 is 26.3 Å². The zero-order valence-electron chi connectivity index (χ0n) is 13.2. The molecule has 2 aromatic carbocycles. The van der Waals surface area contributed by atoms with Crippen molar-refractivity contribution in [3.05, 3.63) is 76.9 Å². The van der Waals surface area contributed by atoms with Gasteiger partial charge in [0.15, 0.2) is 0 Å². The van der Waals surface area contributed by atoms with Crippen molar-refractivity contribution in [3.8, 4) is 0 Å². The number of aryl methyl sites for hydroxylation is 1. The van der Waals surface area contributed by atoms with Crippen molar-refractivity contribution in [1.29, 1.82) is 0 Å². The molecule has 0 bridgehead atoms. The van der Waals surface area contributed by atoms with Crippen LogP contribution in [-0.4, -0.2) is 0 Å². The molecule has 134 valence electrons. The number of hydrogen-bond donors (Lipinski definition) is 1. The summed E-state index contributed by atoms with van der Waals surface area (Å²) in [5.74, 6) is 0. The summed E-state index contributed by atoms with van der Waals surface area (Å²) in [6.45, 7) is 5.44. The molecular weight excluding hydrogens is 344 g/mol. The third-order valence-electron chi connectivity index (χ3n) is 3.55. The maximum atomic E-state index is 12.8. The van der Waals surface area contributed by atoms with Gasteiger partial charge in [-0.3, -0.25) is 0 Å². The van der Waals surface area contributed by atoms with Gasteiger partial charge in [0, 0.05) is 12.2 Å². The molecule has 0 atom stereocenters. The van der Waals surface area contributed by atoms with E-state index in [2.05, 4.69) is 11.9 Å². The van der Waals surface area contributed by atoms with Crippen LogP contribution < -0.4 is 5.32 Å². The zero-order chi connectivity index (χ0) is 18.8. The van der Waals surface area contributed by atoms with Gasteiger partial charge < -0.3 is 5.32 Å². The first kappa shape index (κ1) is 18.9. The van der Waals surface area contributed by atoms with Crippen LogP contribution >= 0.6 is 0 Å². The average molecular weight is 359 g/mol. The molecule has 7 heteroatoms. The van der Waals surface area contributed by atoms with E-state index in [1.165, 1.54) is 0 Å². The summed E-state index contributed by atoms with van der Waals surface area (Å²) in [4.78, 5) is 0. The zero-order valence-corrected chi connectivity index (χ0v) is 13.2. The maximum absolute atomic E-state index is 12.8. The molecule has 0 heterocycles. The van der Waals surface area contributed by atoms with Crippen LogP contribution in [0.2, 0.25) is 0 Å². The first-order valence-electron chi connectivity index (χ1n) is 7.25. The summed E-state index contributed by atoms with van der Waals surface area (Å²) in [7, 11) is 0. The SMILES string of the molecule is C=C(NCc1cc(C(F)(F)F)cc(C(F)(F)F)c1)c1ccc(C)cc1. The molecule has 0 fully saturated rings. The van der Waals surface area contributed by atoms with E-state index >= 15 is 0 Å². The van der Waals surface area contributed by atoms with Crippen molar-refractivity contribution in [2.75, 3.05) is 0 Å². The highest BCUT2D eigenvalue weighted by atomic mass is 19.4. The standard InChI is InChI=1S/C18H15F6N/c1-11-3-5-14(6-4-11)12(2)25-10-13-7-15(17(19,20)21)9-16(8-13)18(22,23)24/h3-9,25H,2,10H2,1H3. The smallest absolute Gasteiger partial charge is 0.381 e. The van der Waals surface area contributed by atoms with Crippen LogP contribution in [0.15, 0.2) is 49.0 Å². The highest BCUT2D eigenvalue weighted by molar-refractivity contribution is 5.61. The van der Waals surface area contributed by atoms with E-state index in [1.807, 2.05) is 19.1 Å². The third-order valence-corrected chi connectivity index (χ3v) is 3.55. The molecule has 0 aliphatic carbocycles. The molecule has 0 unspecified atom stereocenters. The quantitative estimate of drug-likeness (QED) is 0.681. The Morgan fingerprint density at radius 3 is 1.80 bits per heavy atom. The lowest BCUT2D eigenvalue weighted by molar-refractivity contribution is -0.143. The lowest BCUT2D eigenvalue weighted by atomic mass is 10.0. The van der Waals surface area contributed by atoms with Crippen LogP contribution in [0.4, 0.5) is 26.3 Å².